The average Bonchev–Trinajstić information content (AvgIpc) is 2.83. The van der Waals surface area contributed by atoms with Crippen molar-refractivity contribution in [3.8, 4) is 5.75 Å². The second kappa shape index (κ2) is 4.09. The summed E-state index contributed by atoms with van der Waals surface area (Å²) in [6.45, 7) is 0. The quantitative estimate of drug-likeness (QED) is 0.847. The van der Waals surface area contributed by atoms with Gasteiger partial charge in [0, 0.05) is 17.4 Å². The van der Waals surface area contributed by atoms with Gasteiger partial charge in [-0.1, -0.05) is 0 Å². The van der Waals surface area contributed by atoms with Gasteiger partial charge < -0.3 is 9.84 Å². The molecule has 0 aliphatic carbocycles. The van der Waals surface area contributed by atoms with E-state index in [2.05, 4.69) is 4.98 Å². The Kier molecular flexibility index (Phi) is 2.57. The SMILES string of the molecule is O[C@@H]1CC(c2cscn2)Oc2ccc(F)cc21. The number of halogens is 1. The maximum atomic E-state index is 13.1. The molecule has 3 nitrogen and oxygen atoms in total. The van der Waals surface area contributed by atoms with E-state index in [1.165, 1.54) is 23.5 Å². The van der Waals surface area contributed by atoms with E-state index in [0.29, 0.717) is 17.7 Å². The molecule has 1 unspecified atom stereocenters. The van der Waals surface area contributed by atoms with Gasteiger partial charge in [-0.15, -0.1) is 11.3 Å². The zero-order chi connectivity index (χ0) is 11.8. The molecule has 0 saturated carbocycles. The summed E-state index contributed by atoms with van der Waals surface area (Å²) >= 11 is 1.49. The highest BCUT2D eigenvalue weighted by Crippen LogP contribution is 2.40. The van der Waals surface area contributed by atoms with Crippen LogP contribution in [0.3, 0.4) is 0 Å². The third-order valence-corrected chi connectivity index (χ3v) is 3.42. The fourth-order valence-electron chi connectivity index (χ4n) is 1.98. The lowest BCUT2D eigenvalue weighted by molar-refractivity contribution is 0.0636. The standard InChI is InChI=1S/C12H10FNO2S/c13-7-1-2-11-8(3-7)10(15)4-12(16-11)9-5-17-6-14-9/h1-3,5-6,10,12,15H,4H2/t10-,12?/m1/s1. The van der Waals surface area contributed by atoms with E-state index in [1.807, 2.05) is 5.38 Å². The molecule has 0 bridgehead atoms. The van der Waals surface area contributed by atoms with Crippen LogP contribution < -0.4 is 4.74 Å². The minimum Gasteiger partial charge on any atom is -0.484 e. The van der Waals surface area contributed by atoms with Crippen LogP contribution in [0, 0.1) is 5.82 Å². The molecule has 1 aliphatic heterocycles. The summed E-state index contributed by atoms with van der Waals surface area (Å²) in [6.07, 6.45) is -0.560. The van der Waals surface area contributed by atoms with Crippen LogP contribution in [-0.2, 0) is 0 Å². The Morgan fingerprint density at radius 2 is 2.35 bits per heavy atom. The molecule has 0 saturated heterocycles. The number of aliphatic hydroxyl groups excluding tert-OH is 1. The van der Waals surface area contributed by atoms with Crippen LogP contribution in [0.2, 0.25) is 0 Å². The number of nitrogens with zero attached hydrogens (tertiary/aromatic N) is 1. The first-order valence-corrected chi connectivity index (χ1v) is 6.20. The summed E-state index contributed by atoms with van der Waals surface area (Å²) in [5.74, 6) is 0.168. The Morgan fingerprint density at radius 3 is 3.12 bits per heavy atom. The van der Waals surface area contributed by atoms with Gasteiger partial charge in [0.15, 0.2) is 0 Å². The molecule has 0 radical (unpaired) electrons. The van der Waals surface area contributed by atoms with Crippen molar-refractivity contribution < 1.29 is 14.2 Å². The van der Waals surface area contributed by atoms with Crippen LogP contribution >= 0.6 is 11.3 Å². The van der Waals surface area contributed by atoms with Crippen LogP contribution in [0.25, 0.3) is 0 Å². The summed E-state index contributed by atoms with van der Waals surface area (Å²) in [7, 11) is 0. The van der Waals surface area contributed by atoms with Crippen LogP contribution in [0.4, 0.5) is 4.39 Å². The van der Waals surface area contributed by atoms with Gasteiger partial charge in [-0.3, -0.25) is 0 Å². The molecule has 2 aromatic rings. The van der Waals surface area contributed by atoms with E-state index < -0.39 is 6.10 Å². The van der Waals surface area contributed by atoms with E-state index in [1.54, 1.807) is 11.6 Å². The monoisotopic (exact) mass is 251 g/mol. The Hall–Kier alpha value is -1.46. The van der Waals surface area contributed by atoms with Gasteiger partial charge in [0.2, 0.25) is 0 Å². The molecule has 3 rings (SSSR count). The molecule has 0 spiro atoms. The highest BCUT2D eigenvalue weighted by atomic mass is 32.1. The number of aromatic nitrogens is 1. The molecule has 5 heteroatoms. The molecule has 88 valence electrons. The fourth-order valence-corrected chi connectivity index (χ4v) is 2.58. The van der Waals surface area contributed by atoms with Crippen molar-refractivity contribution in [2.24, 2.45) is 0 Å². The first-order valence-electron chi connectivity index (χ1n) is 5.26. The Balaban J connectivity index is 1.96. The van der Waals surface area contributed by atoms with Crippen LogP contribution in [-0.4, -0.2) is 10.1 Å². The number of aliphatic hydroxyl groups is 1. The van der Waals surface area contributed by atoms with Crippen molar-refractivity contribution in [2.45, 2.75) is 18.6 Å². The molecular formula is C12H10FNO2S. The Morgan fingerprint density at radius 1 is 1.47 bits per heavy atom. The third-order valence-electron chi connectivity index (χ3n) is 2.82. The van der Waals surface area contributed by atoms with Crippen LogP contribution in [0.5, 0.6) is 5.75 Å². The second-order valence-corrected chi connectivity index (χ2v) is 4.67. The van der Waals surface area contributed by atoms with Crippen LogP contribution in [0.1, 0.15) is 29.9 Å². The van der Waals surface area contributed by atoms with Crippen molar-refractivity contribution in [1.82, 2.24) is 4.98 Å². The highest BCUT2D eigenvalue weighted by molar-refractivity contribution is 7.07. The van der Waals surface area contributed by atoms with Crippen LogP contribution in [0.15, 0.2) is 29.1 Å². The zero-order valence-electron chi connectivity index (χ0n) is 8.84. The van der Waals surface area contributed by atoms with Gasteiger partial charge in [-0.05, 0) is 18.2 Å². The molecule has 0 fully saturated rings. The van der Waals surface area contributed by atoms with E-state index in [9.17, 15) is 9.50 Å². The third kappa shape index (κ3) is 1.92. The minimum absolute atomic E-state index is 0.255. The summed E-state index contributed by atoms with van der Waals surface area (Å²) in [6, 6.07) is 4.19. The molecule has 1 N–H and O–H groups in total. The van der Waals surface area contributed by atoms with Crippen molar-refractivity contribution in [3.05, 3.63) is 46.2 Å². The number of fused-ring (bicyclic) bond motifs is 1. The normalized spacial score (nSPS) is 22.9. The molecule has 17 heavy (non-hydrogen) atoms. The number of hydrogen-bond acceptors (Lipinski definition) is 4. The first-order chi connectivity index (χ1) is 8.24. The highest BCUT2D eigenvalue weighted by Gasteiger charge is 2.29. The maximum absolute atomic E-state index is 13.1. The summed E-state index contributed by atoms with van der Waals surface area (Å²) in [5, 5.41) is 11.9. The van der Waals surface area contributed by atoms with Gasteiger partial charge in [0.1, 0.15) is 17.7 Å². The molecule has 0 amide bonds. The molecule has 1 aromatic heterocycles. The van der Waals surface area contributed by atoms with E-state index in [-0.39, 0.29) is 11.9 Å². The number of thiazole rings is 1. The number of hydrogen-bond donors (Lipinski definition) is 1. The van der Waals surface area contributed by atoms with Gasteiger partial charge >= 0.3 is 0 Å². The predicted molar refractivity (Wildman–Crippen MR) is 61.5 cm³/mol. The average molecular weight is 251 g/mol. The summed E-state index contributed by atoms with van der Waals surface area (Å²) in [5.41, 5.74) is 3.05. The van der Waals surface area contributed by atoms with Gasteiger partial charge in [0.25, 0.3) is 0 Å². The number of rotatable bonds is 1. The minimum atomic E-state index is -0.707. The lowest BCUT2D eigenvalue weighted by Crippen LogP contribution is -2.19. The summed E-state index contributed by atoms with van der Waals surface area (Å²) < 4.78 is 18.8. The van der Waals surface area contributed by atoms with Gasteiger partial charge in [-0.25, -0.2) is 9.37 Å². The Labute approximate surface area is 102 Å². The molecule has 1 aliphatic rings. The molecule has 1 aromatic carbocycles. The van der Waals surface area contributed by atoms with E-state index in [4.69, 9.17) is 4.74 Å². The van der Waals surface area contributed by atoms with Gasteiger partial charge in [0.05, 0.1) is 17.3 Å². The largest absolute Gasteiger partial charge is 0.484 e. The van der Waals surface area contributed by atoms with Crippen molar-refractivity contribution in [2.75, 3.05) is 0 Å². The van der Waals surface area contributed by atoms with E-state index in [0.717, 1.165) is 5.69 Å². The van der Waals surface area contributed by atoms with Gasteiger partial charge in [-0.2, -0.15) is 0 Å². The summed E-state index contributed by atoms with van der Waals surface area (Å²) in [4.78, 5) is 4.17. The smallest absolute Gasteiger partial charge is 0.144 e. The number of benzene rings is 1. The van der Waals surface area contributed by atoms with Crippen molar-refractivity contribution in [3.63, 3.8) is 0 Å². The lowest BCUT2D eigenvalue weighted by atomic mass is 9.98. The number of ether oxygens (including phenoxy) is 1. The maximum Gasteiger partial charge on any atom is 0.144 e. The van der Waals surface area contributed by atoms with Crippen molar-refractivity contribution >= 4 is 11.3 Å². The second-order valence-electron chi connectivity index (χ2n) is 3.95. The van der Waals surface area contributed by atoms with E-state index >= 15 is 0 Å². The fraction of sp³-hybridized carbons (Fsp3) is 0.250. The lowest BCUT2D eigenvalue weighted by Gasteiger charge is -2.28. The zero-order valence-corrected chi connectivity index (χ0v) is 9.65. The first kappa shape index (κ1) is 10.7. The molecule has 2 heterocycles. The predicted octanol–water partition coefficient (Wildman–Crippen LogP) is 2.84. The molecule has 2 atom stereocenters. The Bertz CT molecular complexity index is 529. The van der Waals surface area contributed by atoms with Crippen molar-refractivity contribution in [1.29, 1.82) is 0 Å². The topological polar surface area (TPSA) is 42.4 Å². The molecular weight excluding hydrogens is 241 g/mol.